The number of thioether (sulfide) groups is 1. The van der Waals surface area contributed by atoms with Crippen LogP contribution >= 0.6 is 35.0 Å². The molecule has 1 aliphatic heterocycles. The van der Waals surface area contributed by atoms with Gasteiger partial charge in [0.15, 0.2) is 0 Å². The van der Waals surface area contributed by atoms with E-state index in [0.717, 1.165) is 22.2 Å². The second-order valence-electron chi connectivity index (χ2n) is 5.58. The monoisotopic (exact) mass is 425 g/mol. The molecule has 1 aromatic carbocycles. The van der Waals surface area contributed by atoms with Gasteiger partial charge in [-0.25, -0.2) is 4.79 Å². The molecule has 9 heteroatoms. The van der Waals surface area contributed by atoms with Crippen molar-refractivity contribution < 1.29 is 23.5 Å². The third-order valence-corrected chi connectivity index (χ3v) is 5.48. The molecule has 0 radical (unpaired) electrons. The van der Waals surface area contributed by atoms with E-state index in [2.05, 4.69) is 4.74 Å². The van der Waals surface area contributed by atoms with Crippen LogP contribution in [0.1, 0.15) is 12.7 Å². The lowest BCUT2D eigenvalue weighted by molar-refractivity contribution is -0.148. The van der Waals surface area contributed by atoms with E-state index in [1.807, 2.05) is 0 Å². The molecule has 1 saturated heterocycles. The zero-order valence-corrected chi connectivity index (χ0v) is 16.5. The van der Waals surface area contributed by atoms with Crippen LogP contribution in [0.3, 0.4) is 0 Å². The zero-order chi connectivity index (χ0) is 19.7. The molecule has 0 bridgehead atoms. The quantitative estimate of drug-likeness (QED) is 0.514. The summed E-state index contributed by atoms with van der Waals surface area (Å²) in [5.74, 6) is -0.330. The molecule has 0 spiro atoms. The summed E-state index contributed by atoms with van der Waals surface area (Å²) in [6, 6.07) is 7.45. The molecule has 3 rings (SSSR count). The second kappa shape index (κ2) is 7.80. The zero-order valence-electron chi connectivity index (χ0n) is 14.2. The van der Waals surface area contributed by atoms with Crippen LogP contribution in [0.15, 0.2) is 39.7 Å². The second-order valence-corrected chi connectivity index (χ2v) is 7.39. The van der Waals surface area contributed by atoms with E-state index >= 15 is 0 Å². The number of nitrogens with zero attached hydrogens (tertiary/aromatic N) is 1. The van der Waals surface area contributed by atoms with E-state index in [1.165, 1.54) is 20.1 Å². The van der Waals surface area contributed by atoms with Crippen molar-refractivity contribution in [3.8, 4) is 11.3 Å². The highest BCUT2D eigenvalue weighted by molar-refractivity contribution is 8.18. The first-order valence-corrected chi connectivity index (χ1v) is 9.29. The first-order valence-electron chi connectivity index (χ1n) is 7.72. The minimum Gasteiger partial charge on any atom is -0.467 e. The molecule has 1 aromatic heterocycles. The van der Waals surface area contributed by atoms with Crippen LogP contribution in [-0.4, -0.2) is 35.2 Å². The average Bonchev–Trinajstić information content (AvgIpc) is 3.21. The summed E-state index contributed by atoms with van der Waals surface area (Å²) >= 11 is 12.7. The van der Waals surface area contributed by atoms with Crippen molar-refractivity contribution in [1.82, 2.24) is 4.90 Å². The number of carbonyl (C=O) groups excluding carboxylic acids is 3. The Morgan fingerprint density at radius 2 is 1.96 bits per heavy atom. The fourth-order valence-electron chi connectivity index (χ4n) is 2.45. The fraction of sp³-hybridized carbons (Fsp3) is 0.167. The van der Waals surface area contributed by atoms with Gasteiger partial charge >= 0.3 is 5.97 Å². The van der Waals surface area contributed by atoms with E-state index in [-0.39, 0.29) is 4.91 Å². The van der Waals surface area contributed by atoms with Gasteiger partial charge in [0.25, 0.3) is 11.1 Å². The van der Waals surface area contributed by atoms with Crippen molar-refractivity contribution in [3.05, 3.63) is 51.0 Å². The van der Waals surface area contributed by atoms with Gasteiger partial charge in [0.1, 0.15) is 17.6 Å². The van der Waals surface area contributed by atoms with Gasteiger partial charge in [-0.1, -0.05) is 23.2 Å². The fourth-order valence-corrected chi connectivity index (χ4v) is 3.64. The van der Waals surface area contributed by atoms with Gasteiger partial charge in [0.05, 0.1) is 22.1 Å². The van der Waals surface area contributed by atoms with Crippen LogP contribution in [0.2, 0.25) is 10.0 Å². The molecule has 140 valence electrons. The van der Waals surface area contributed by atoms with Crippen LogP contribution < -0.4 is 0 Å². The summed E-state index contributed by atoms with van der Waals surface area (Å²) in [5, 5.41) is 0.283. The number of methoxy groups -OCH3 is 1. The van der Waals surface area contributed by atoms with E-state index < -0.39 is 23.2 Å². The number of furan rings is 1. The van der Waals surface area contributed by atoms with Gasteiger partial charge in [-0.15, -0.1) is 0 Å². The summed E-state index contributed by atoms with van der Waals surface area (Å²) < 4.78 is 10.3. The summed E-state index contributed by atoms with van der Waals surface area (Å²) in [7, 11) is 1.20. The molecule has 0 aliphatic carbocycles. The van der Waals surface area contributed by atoms with Crippen LogP contribution in [0.4, 0.5) is 4.79 Å². The molecule has 0 saturated carbocycles. The van der Waals surface area contributed by atoms with Crippen molar-refractivity contribution in [2.45, 2.75) is 13.0 Å². The molecule has 1 aliphatic rings. The standard InChI is InChI=1S/C18H13Cl2NO5S/c1-9(17(23)25-2)21-16(22)15(27-18(21)24)8-11-4-6-14(26-11)10-3-5-12(19)13(20)7-10/h3-9H,1-2H3/b15-8-/t9-/m0/s1. The highest BCUT2D eigenvalue weighted by Crippen LogP contribution is 2.35. The molecule has 1 fully saturated rings. The summed E-state index contributed by atoms with van der Waals surface area (Å²) in [6.45, 7) is 1.43. The molecular formula is C18H13Cl2NO5S. The Morgan fingerprint density at radius 3 is 2.63 bits per heavy atom. The van der Waals surface area contributed by atoms with E-state index in [9.17, 15) is 14.4 Å². The molecular weight excluding hydrogens is 413 g/mol. The van der Waals surface area contributed by atoms with Gasteiger partial charge in [-0.05, 0) is 49.0 Å². The first-order chi connectivity index (χ1) is 12.8. The largest absolute Gasteiger partial charge is 0.467 e. The number of carbonyl (C=O) groups is 3. The maximum atomic E-state index is 12.5. The summed E-state index contributed by atoms with van der Waals surface area (Å²) in [4.78, 5) is 37.2. The van der Waals surface area contributed by atoms with Crippen molar-refractivity contribution in [3.63, 3.8) is 0 Å². The van der Waals surface area contributed by atoms with Gasteiger partial charge in [0.2, 0.25) is 0 Å². The first kappa shape index (κ1) is 19.5. The Hall–Kier alpha value is -2.22. The van der Waals surface area contributed by atoms with Gasteiger partial charge in [0, 0.05) is 11.6 Å². The number of rotatable bonds is 4. The van der Waals surface area contributed by atoms with Crippen LogP contribution in [0.5, 0.6) is 0 Å². The van der Waals surface area contributed by atoms with Crippen LogP contribution in [0.25, 0.3) is 17.4 Å². The highest BCUT2D eigenvalue weighted by atomic mass is 35.5. The Labute approximate surface area is 169 Å². The SMILES string of the molecule is COC(=O)[C@H](C)N1C(=O)S/C(=C\c2ccc(-c3ccc(Cl)c(Cl)c3)o2)C1=O. The third kappa shape index (κ3) is 3.90. The Balaban J connectivity index is 1.84. The van der Waals surface area contributed by atoms with Crippen molar-refractivity contribution in [2.24, 2.45) is 0 Å². The Morgan fingerprint density at radius 1 is 1.22 bits per heavy atom. The van der Waals surface area contributed by atoms with Gasteiger partial charge in [-0.2, -0.15) is 0 Å². The average molecular weight is 426 g/mol. The predicted molar refractivity (Wildman–Crippen MR) is 103 cm³/mol. The van der Waals surface area contributed by atoms with Crippen molar-refractivity contribution >= 4 is 58.2 Å². The predicted octanol–water partition coefficient (Wildman–Crippen LogP) is 4.85. The number of hydrogen-bond acceptors (Lipinski definition) is 6. The number of ether oxygens (including phenoxy) is 1. The van der Waals surface area contributed by atoms with Crippen LogP contribution in [-0.2, 0) is 14.3 Å². The number of halogens is 2. The molecule has 2 aromatic rings. The van der Waals surface area contributed by atoms with E-state index in [4.69, 9.17) is 27.6 Å². The van der Waals surface area contributed by atoms with E-state index in [0.29, 0.717) is 21.6 Å². The maximum absolute atomic E-state index is 12.5. The van der Waals surface area contributed by atoms with Crippen molar-refractivity contribution in [2.75, 3.05) is 7.11 Å². The molecule has 27 heavy (non-hydrogen) atoms. The lowest BCUT2D eigenvalue weighted by Gasteiger charge is -2.18. The molecule has 6 nitrogen and oxygen atoms in total. The highest BCUT2D eigenvalue weighted by Gasteiger charge is 2.41. The molecule has 0 N–H and O–H groups in total. The molecule has 0 unspecified atom stereocenters. The number of benzene rings is 1. The van der Waals surface area contributed by atoms with Crippen molar-refractivity contribution in [1.29, 1.82) is 0 Å². The maximum Gasteiger partial charge on any atom is 0.328 e. The molecule has 2 heterocycles. The van der Waals surface area contributed by atoms with E-state index in [1.54, 1.807) is 30.3 Å². The number of hydrogen-bond donors (Lipinski definition) is 0. The minimum absolute atomic E-state index is 0.158. The molecule has 2 amide bonds. The lowest BCUT2D eigenvalue weighted by atomic mass is 10.2. The number of amides is 2. The smallest absolute Gasteiger partial charge is 0.328 e. The minimum atomic E-state index is -1.00. The lowest BCUT2D eigenvalue weighted by Crippen LogP contribution is -2.42. The number of esters is 1. The van der Waals surface area contributed by atoms with Gasteiger partial charge < -0.3 is 9.15 Å². The summed E-state index contributed by atoms with van der Waals surface area (Å²) in [5.41, 5.74) is 0.719. The third-order valence-electron chi connectivity index (χ3n) is 3.86. The number of imide groups is 1. The normalized spacial score (nSPS) is 16.9. The molecule has 1 atom stereocenters. The summed E-state index contributed by atoms with van der Waals surface area (Å²) in [6.07, 6.45) is 1.45. The topological polar surface area (TPSA) is 76.8 Å². The Kier molecular flexibility index (Phi) is 5.64. The van der Waals surface area contributed by atoms with Crippen LogP contribution in [0, 0.1) is 0 Å². The van der Waals surface area contributed by atoms with Gasteiger partial charge in [-0.3, -0.25) is 14.5 Å². The Bertz CT molecular complexity index is 968.